The molecule has 2 rings (SSSR count). The van der Waals surface area contributed by atoms with Crippen LogP contribution in [-0.2, 0) is 4.79 Å². The van der Waals surface area contributed by atoms with Crippen LogP contribution in [0, 0.1) is 0 Å². The van der Waals surface area contributed by atoms with Crippen LogP contribution in [0.3, 0.4) is 0 Å². The lowest BCUT2D eigenvalue weighted by Crippen LogP contribution is -2.29. The molecule has 0 amide bonds. The molecule has 1 aliphatic rings. The Kier molecular flexibility index (Phi) is 3.50. The number of carboxylic acids is 1. The van der Waals surface area contributed by atoms with E-state index in [1.54, 1.807) is 6.07 Å². The number of hydrogen-bond acceptors (Lipinski definition) is 2. The summed E-state index contributed by atoms with van der Waals surface area (Å²) in [5.74, 6) is -0.840. The van der Waals surface area contributed by atoms with E-state index in [9.17, 15) is 9.90 Å². The van der Waals surface area contributed by atoms with Gasteiger partial charge in [-0.05, 0) is 30.7 Å². The van der Waals surface area contributed by atoms with Crippen molar-refractivity contribution in [3.63, 3.8) is 0 Å². The van der Waals surface area contributed by atoms with Crippen molar-refractivity contribution < 1.29 is 9.90 Å². The molecule has 0 saturated carbocycles. The Labute approximate surface area is 105 Å². The van der Waals surface area contributed by atoms with Crippen molar-refractivity contribution in [1.82, 2.24) is 4.90 Å². The standard InChI is InChI=1S/C13H14ClNO2/c1-15-7-6-10(13(16)17)11(8-15)9-4-2-3-5-12(9)14/h2-5H,6-8H2,1H3,(H,16,17). The summed E-state index contributed by atoms with van der Waals surface area (Å²) in [7, 11) is 1.98. The minimum atomic E-state index is -0.840. The third-order valence-electron chi connectivity index (χ3n) is 2.99. The first-order valence-corrected chi connectivity index (χ1v) is 5.86. The monoisotopic (exact) mass is 251 g/mol. The van der Waals surface area contributed by atoms with Gasteiger partial charge in [0.15, 0.2) is 0 Å². The molecule has 1 aromatic carbocycles. The Morgan fingerprint density at radius 1 is 1.41 bits per heavy atom. The summed E-state index contributed by atoms with van der Waals surface area (Å²) in [5, 5.41) is 9.84. The fourth-order valence-corrected chi connectivity index (χ4v) is 2.34. The fraction of sp³-hybridized carbons (Fsp3) is 0.308. The molecule has 1 aromatic rings. The Bertz CT molecular complexity index is 482. The zero-order chi connectivity index (χ0) is 12.4. The van der Waals surface area contributed by atoms with Crippen LogP contribution in [0.25, 0.3) is 5.57 Å². The van der Waals surface area contributed by atoms with Crippen molar-refractivity contribution >= 4 is 23.1 Å². The lowest BCUT2D eigenvalue weighted by Gasteiger charge is -2.26. The average Bonchev–Trinajstić information content (AvgIpc) is 2.29. The second-order valence-electron chi connectivity index (χ2n) is 4.23. The van der Waals surface area contributed by atoms with Gasteiger partial charge in [0.2, 0.25) is 0 Å². The summed E-state index contributed by atoms with van der Waals surface area (Å²) >= 11 is 6.13. The van der Waals surface area contributed by atoms with Gasteiger partial charge in [0, 0.05) is 23.7 Å². The maximum absolute atomic E-state index is 11.2. The van der Waals surface area contributed by atoms with Gasteiger partial charge >= 0.3 is 5.97 Å². The lowest BCUT2D eigenvalue weighted by molar-refractivity contribution is -0.132. The number of benzene rings is 1. The van der Waals surface area contributed by atoms with E-state index in [0.29, 0.717) is 23.6 Å². The normalized spacial score (nSPS) is 17.3. The zero-order valence-electron chi connectivity index (χ0n) is 9.61. The van der Waals surface area contributed by atoms with Crippen LogP contribution in [0.5, 0.6) is 0 Å². The number of halogens is 1. The first kappa shape index (κ1) is 12.1. The van der Waals surface area contributed by atoms with Gasteiger partial charge in [-0.25, -0.2) is 4.79 Å². The molecule has 4 heteroatoms. The highest BCUT2D eigenvalue weighted by molar-refractivity contribution is 6.32. The highest BCUT2D eigenvalue weighted by Crippen LogP contribution is 2.30. The summed E-state index contributed by atoms with van der Waals surface area (Å²) in [4.78, 5) is 13.3. The number of nitrogens with zero attached hydrogens (tertiary/aromatic N) is 1. The third kappa shape index (κ3) is 2.51. The van der Waals surface area contributed by atoms with Crippen molar-refractivity contribution in [2.45, 2.75) is 6.42 Å². The maximum atomic E-state index is 11.2. The first-order valence-electron chi connectivity index (χ1n) is 5.48. The topological polar surface area (TPSA) is 40.5 Å². The summed E-state index contributed by atoms with van der Waals surface area (Å²) in [6.45, 7) is 1.40. The van der Waals surface area contributed by atoms with Crippen LogP contribution in [0.2, 0.25) is 5.02 Å². The summed E-state index contributed by atoms with van der Waals surface area (Å²) < 4.78 is 0. The molecule has 0 fully saturated rings. The minimum absolute atomic E-state index is 0.483. The number of hydrogen-bond donors (Lipinski definition) is 1. The molecular formula is C13H14ClNO2. The van der Waals surface area contributed by atoms with Crippen LogP contribution < -0.4 is 0 Å². The zero-order valence-corrected chi connectivity index (χ0v) is 10.4. The Balaban J connectivity index is 2.52. The van der Waals surface area contributed by atoms with E-state index >= 15 is 0 Å². The minimum Gasteiger partial charge on any atom is -0.478 e. The predicted molar refractivity (Wildman–Crippen MR) is 68.1 cm³/mol. The summed E-state index contributed by atoms with van der Waals surface area (Å²) in [6, 6.07) is 7.39. The molecule has 0 aromatic heterocycles. The Morgan fingerprint density at radius 3 is 2.76 bits per heavy atom. The van der Waals surface area contributed by atoms with Crippen molar-refractivity contribution in [3.05, 3.63) is 40.4 Å². The quantitative estimate of drug-likeness (QED) is 0.878. The van der Waals surface area contributed by atoms with Gasteiger partial charge in [0.25, 0.3) is 0 Å². The molecule has 3 nitrogen and oxygen atoms in total. The molecule has 1 heterocycles. The van der Waals surface area contributed by atoms with Gasteiger partial charge in [-0.2, -0.15) is 0 Å². The van der Waals surface area contributed by atoms with Crippen LogP contribution in [0.15, 0.2) is 29.8 Å². The molecule has 1 N–H and O–H groups in total. The van der Waals surface area contributed by atoms with E-state index in [2.05, 4.69) is 4.90 Å². The first-order chi connectivity index (χ1) is 8.09. The van der Waals surface area contributed by atoms with E-state index in [1.165, 1.54) is 0 Å². The van der Waals surface area contributed by atoms with E-state index in [-0.39, 0.29) is 0 Å². The molecule has 0 bridgehead atoms. The second-order valence-corrected chi connectivity index (χ2v) is 4.64. The van der Waals surface area contributed by atoms with E-state index in [1.807, 2.05) is 25.2 Å². The van der Waals surface area contributed by atoms with E-state index in [4.69, 9.17) is 11.6 Å². The van der Waals surface area contributed by atoms with Crippen LogP contribution in [0.1, 0.15) is 12.0 Å². The third-order valence-corrected chi connectivity index (χ3v) is 3.32. The Hall–Kier alpha value is -1.32. The summed E-state index contributed by atoms with van der Waals surface area (Å²) in [5.41, 5.74) is 2.14. The van der Waals surface area contributed by atoms with Crippen molar-refractivity contribution in [2.24, 2.45) is 0 Å². The fourth-order valence-electron chi connectivity index (χ4n) is 2.09. The predicted octanol–water partition coefficient (Wildman–Crippen LogP) is 2.51. The van der Waals surface area contributed by atoms with Gasteiger partial charge < -0.3 is 10.0 Å². The molecule has 90 valence electrons. The van der Waals surface area contributed by atoms with Crippen LogP contribution >= 0.6 is 11.6 Å². The SMILES string of the molecule is CN1CCC(C(=O)O)=C(c2ccccc2Cl)C1. The molecule has 17 heavy (non-hydrogen) atoms. The molecule has 0 aliphatic carbocycles. The van der Waals surface area contributed by atoms with Crippen molar-refractivity contribution in [2.75, 3.05) is 20.1 Å². The average molecular weight is 252 g/mol. The van der Waals surface area contributed by atoms with Gasteiger partial charge in [-0.1, -0.05) is 29.8 Å². The molecule has 1 aliphatic heterocycles. The number of rotatable bonds is 2. The molecule has 0 unspecified atom stereocenters. The van der Waals surface area contributed by atoms with Gasteiger partial charge in [0.1, 0.15) is 0 Å². The molecule has 0 radical (unpaired) electrons. The highest BCUT2D eigenvalue weighted by Gasteiger charge is 2.23. The number of aliphatic carboxylic acids is 1. The van der Waals surface area contributed by atoms with Gasteiger partial charge in [-0.3, -0.25) is 0 Å². The molecule has 0 spiro atoms. The number of carboxylic acid groups (broad SMARTS) is 1. The van der Waals surface area contributed by atoms with Crippen molar-refractivity contribution in [3.8, 4) is 0 Å². The second kappa shape index (κ2) is 4.90. The smallest absolute Gasteiger partial charge is 0.331 e. The number of likely N-dealkylation sites (N-methyl/N-ethyl adjacent to an activating group) is 1. The van der Waals surface area contributed by atoms with Crippen LogP contribution in [0.4, 0.5) is 0 Å². The maximum Gasteiger partial charge on any atom is 0.331 e. The van der Waals surface area contributed by atoms with Crippen molar-refractivity contribution in [1.29, 1.82) is 0 Å². The van der Waals surface area contributed by atoms with Crippen LogP contribution in [-0.4, -0.2) is 36.1 Å². The highest BCUT2D eigenvalue weighted by atomic mass is 35.5. The number of carbonyl (C=O) groups is 1. The van der Waals surface area contributed by atoms with E-state index in [0.717, 1.165) is 17.7 Å². The van der Waals surface area contributed by atoms with Gasteiger partial charge in [-0.15, -0.1) is 0 Å². The molecular weight excluding hydrogens is 238 g/mol. The van der Waals surface area contributed by atoms with Gasteiger partial charge in [0.05, 0.1) is 0 Å². The van der Waals surface area contributed by atoms with E-state index < -0.39 is 5.97 Å². The molecule has 0 atom stereocenters. The molecule has 0 saturated heterocycles. The lowest BCUT2D eigenvalue weighted by atomic mass is 9.94. The largest absolute Gasteiger partial charge is 0.478 e. The Morgan fingerprint density at radius 2 is 2.12 bits per heavy atom. The summed E-state index contributed by atoms with van der Waals surface area (Å²) in [6.07, 6.45) is 0.562.